The molecule has 1 atom stereocenters. The maximum absolute atomic E-state index is 14.0. The van der Waals surface area contributed by atoms with Gasteiger partial charge in [0.2, 0.25) is 0 Å². The number of hydrogen-bond donors (Lipinski definition) is 0. The summed E-state index contributed by atoms with van der Waals surface area (Å²) in [5.74, 6) is 0.216. The fourth-order valence-electron chi connectivity index (χ4n) is 4.56. The van der Waals surface area contributed by atoms with Crippen molar-refractivity contribution >= 4 is 29.4 Å². The molecule has 228 valence electrons. The lowest BCUT2D eigenvalue weighted by Gasteiger charge is -2.26. The Morgan fingerprint density at radius 2 is 1.77 bits per heavy atom. The average molecular weight is 611 g/mol. The predicted molar refractivity (Wildman–Crippen MR) is 159 cm³/mol. The van der Waals surface area contributed by atoms with Crippen molar-refractivity contribution in [1.29, 1.82) is 0 Å². The summed E-state index contributed by atoms with van der Waals surface area (Å²) in [4.78, 5) is 44.2. The van der Waals surface area contributed by atoms with E-state index in [9.17, 15) is 14.4 Å². The van der Waals surface area contributed by atoms with Crippen LogP contribution in [-0.4, -0.2) is 63.8 Å². The number of fused-ring (bicyclic) bond motifs is 1. The highest BCUT2D eigenvalue weighted by atomic mass is 32.1. The molecular formula is C31H34N2O9S. The van der Waals surface area contributed by atoms with Gasteiger partial charge in [0.25, 0.3) is 5.56 Å². The van der Waals surface area contributed by atoms with Gasteiger partial charge >= 0.3 is 11.9 Å². The molecule has 0 aliphatic carbocycles. The van der Waals surface area contributed by atoms with Gasteiger partial charge in [-0.05, 0) is 50.6 Å². The monoisotopic (exact) mass is 610 g/mol. The molecular weight excluding hydrogens is 576 g/mol. The molecule has 2 heterocycles. The number of aromatic nitrogens is 1. The first kappa shape index (κ1) is 31.5. The average Bonchev–Trinajstić information content (AvgIpc) is 3.30. The van der Waals surface area contributed by atoms with Crippen LogP contribution in [0, 0.1) is 0 Å². The highest BCUT2D eigenvalue weighted by molar-refractivity contribution is 7.07. The van der Waals surface area contributed by atoms with Gasteiger partial charge in [-0.1, -0.05) is 35.6 Å². The van der Waals surface area contributed by atoms with Crippen molar-refractivity contribution in [3.8, 4) is 17.2 Å². The van der Waals surface area contributed by atoms with Gasteiger partial charge < -0.3 is 28.4 Å². The van der Waals surface area contributed by atoms with Crippen LogP contribution in [0.4, 0.5) is 0 Å². The minimum atomic E-state index is -0.831. The number of carbonyl (C=O) groups excluding carboxylic acids is 2. The van der Waals surface area contributed by atoms with Crippen molar-refractivity contribution in [3.05, 3.63) is 84.5 Å². The number of para-hydroxylation sites is 1. The number of esters is 2. The Balaban J connectivity index is 1.80. The van der Waals surface area contributed by atoms with Gasteiger partial charge in [0, 0.05) is 12.7 Å². The van der Waals surface area contributed by atoms with Gasteiger partial charge in [-0.2, -0.15) is 0 Å². The highest BCUT2D eigenvalue weighted by Crippen LogP contribution is 2.35. The smallest absolute Gasteiger partial charge is 0.344 e. The van der Waals surface area contributed by atoms with E-state index in [1.54, 1.807) is 44.2 Å². The van der Waals surface area contributed by atoms with E-state index in [1.165, 1.54) is 30.1 Å². The molecule has 0 spiro atoms. The third-order valence-electron chi connectivity index (χ3n) is 6.41. The predicted octanol–water partition coefficient (Wildman–Crippen LogP) is 2.77. The lowest BCUT2D eigenvalue weighted by molar-refractivity contribution is -0.145. The fourth-order valence-corrected chi connectivity index (χ4v) is 5.60. The van der Waals surface area contributed by atoms with Gasteiger partial charge in [0.1, 0.15) is 18.4 Å². The molecule has 0 bridgehead atoms. The molecule has 11 nitrogen and oxygen atoms in total. The van der Waals surface area contributed by atoms with E-state index in [1.807, 2.05) is 25.1 Å². The van der Waals surface area contributed by atoms with E-state index in [-0.39, 0.29) is 37.6 Å². The summed E-state index contributed by atoms with van der Waals surface area (Å²) in [7, 11) is 3.05. The summed E-state index contributed by atoms with van der Waals surface area (Å²) < 4.78 is 34.3. The Labute approximate surface area is 252 Å². The summed E-state index contributed by atoms with van der Waals surface area (Å²) in [6.07, 6.45) is 1.72. The minimum Gasteiger partial charge on any atom is -0.496 e. The number of allylic oxidation sites excluding steroid dienone is 1. The second kappa shape index (κ2) is 14.7. The SMILES string of the molecule is CCOC(=O)COc1ccc(C=c2sc3n(c2=O)C(c2ccccc2OC)C(C(=O)OCCOC)=C(C)N=3)cc1OCC. The Hall–Kier alpha value is -4.42. The maximum Gasteiger partial charge on any atom is 0.344 e. The molecule has 4 rings (SSSR count). The molecule has 1 aliphatic heterocycles. The number of ether oxygens (including phenoxy) is 6. The fraction of sp³-hybridized carbons (Fsp3) is 0.355. The van der Waals surface area contributed by atoms with Crippen molar-refractivity contribution < 1.29 is 38.0 Å². The van der Waals surface area contributed by atoms with Crippen molar-refractivity contribution in [2.75, 3.05) is 47.3 Å². The molecule has 0 saturated heterocycles. The first-order valence-electron chi connectivity index (χ1n) is 13.7. The Bertz CT molecular complexity index is 1690. The van der Waals surface area contributed by atoms with Crippen LogP contribution in [0.2, 0.25) is 0 Å². The molecule has 1 aliphatic rings. The first-order chi connectivity index (χ1) is 20.8. The number of thiazole rings is 1. The van der Waals surface area contributed by atoms with Gasteiger partial charge in [0.05, 0.1) is 42.7 Å². The lowest BCUT2D eigenvalue weighted by Crippen LogP contribution is -2.40. The van der Waals surface area contributed by atoms with Crippen LogP contribution in [-0.2, 0) is 23.8 Å². The third-order valence-corrected chi connectivity index (χ3v) is 7.39. The first-order valence-corrected chi connectivity index (χ1v) is 14.5. The van der Waals surface area contributed by atoms with Crippen LogP contribution in [0.25, 0.3) is 6.08 Å². The van der Waals surface area contributed by atoms with Crippen LogP contribution in [0.5, 0.6) is 17.2 Å². The zero-order chi connectivity index (χ0) is 30.9. The molecule has 12 heteroatoms. The molecule has 3 aromatic rings. The summed E-state index contributed by atoms with van der Waals surface area (Å²) in [6, 6.07) is 11.5. The molecule has 1 aromatic heterocycles. The van der Waals surface area contributed by atoms with E-state index in [0.717, 1.165) is 0 Å². The van der Waals surface area contributed by atoms with Crippen molar-refractivity contribution in [1.82, 2.24) is 4.57 Å². The molecule has 0 radical (unpaired) electrons. The molecule has 0 saturated carbocycles. The van der Waals surface area contributed by atoms with Gasteiger partial charge in [0.15, 0.2) is 22.9 Å². The summed E-state index contributed by atoms with van der Waals surface area (Å²) >= 11 is 1.20. The number of rotatable bonds is 13. The van der Waals surface area contributed by atoms with Crippen LogP contribution < -0.4 is 29.1 Å². The molecule has 0 N–H and O–H groups in total. The van der Waals surface area contributed by atoms with E-state index in [0.29, 0.717) is 50.0 Å². The second-order valence-electron chi connectivity index (χ2n) is 9.19. The van der Waals surface area contributed by atoms with E-state index < -0.39 is 18.0 Å². The van der Waals surface area contributed by atoms with E-state index in [2.05, 4.69) is 4.99 Å². The number of nitrogens with zero attached hydrogens (tertiary/aromatic N) is 2. The topological polar surface area (TPSA) is 124 Å². The molecule has 43 heavy (non-hydrogen) atoms. The van der Waals surface area contributed by atoms with E-state index in [4.69, 9.17) is 28.4 Å². The largest absolute Gasteiger partial charge is 0.496 e. The lowest BCUT2D eigenvalue weighted by atomic mass is 9.95. The third kappa shape index (κ3) is 7.15. The molecule has 1 unspecified atom stereocenters. The number of methoxy groups -OCH3 is 2. The molecule has 0 fully saturated rings. The van der Waals surface area contributed by atoms with Gasteiger partial charge in [-0.15, -0.1) is 0 Å². The highest BCUT2D eigenvalue weighted by Gasteiger charge is 2.35. The van der Waals surface area contributed by atoms with Crippen molar-refractivity contribution in [2.24, 2.45) is 4.99 Å². The van der Waals surface area contributed by atoms with Crippen LogP contribution in [0.1, 0.15) is 37.9 Å². The zero-order valence-electron chi connectivity index (χ0n) is 24.7. The number of hydrogen-bond acceptors (Lipinski definition) is 11. The number of carbonyl (C=O) groups is 2. The van der Waals surface area contributed by atoms with Gasteiger partial charge in [-0.3, -0.25) is 9.36 Å². The van der Waals surface area contributed by atoms with E-state index >= 15 is 0 Å². The normalized spacial score (nSPS) is 14.5. The minimum absolute atomic E-state index is 0.0524. The van der Waals surface area contributed by atoms with Crippen LogP contribution in [0.3, 0.4) is 0 Å². The van der Waals surface area contributed by atoms with Crippen LogP contribution in [0.15, 0.2) is 63.5 Å². The Morgan fingerprint density at radius 1 is 0.977 bits per heavy atom. The zero-order valence-corrected chi connectivity index (χ0v) is 25.5. The summed E-state index contributed by atoms with van der Waals surface area (Å²) in [5, 5.41) is 0. The van der Waals surface area contributed by atoms with Crippen molar-refractivity contribution in [3.63, 3.8) is 0 Å². The summed E-state index contributed by atoms with van der Waals surface area (Å²) in [6.45, 7) is 5.91. The number of benzene rings is 2. The Kier molecular flexibility index (Phi) is 10.7. The molecule has 0 amide bonds. The van der Waals surface area contributed by atoms with Crippen LogP contribution >= 0.6 is 11.3 Å². The second-order valence-corrected chi connectivity index (χ2v) is 10.2. The summed E-state index contributed by atoms with van der Waals surface area (Å²) in [5.41, 5.74) is 1.62. The Morgan fingerprint density at radius 3 is 2.49 bits per heavy atom. The quantitative estimate of drug-likeness (QED) is 0.212. The van der Waals surface area contributed by atoms with Gasteiger partial charge in [-0.25, -0.2) is 14.6 Å². The molecule has 2 aromatic carbocycles. The van der Waals surface area contributed by atoms with Crippen molar-refractivity contribution in [2.45, 2.75) is 26.8 Å². The maximum atomic E-state index is 14.0. The standard InChI is InChI=1S/C31H34N2O9S/c1-6-39-24-16-20(12-13-23(24)42-18-26(34)40-7-2)17-25-29(35)33-28(21-10-8-9-11-22(21)38-5)27(19(3)32-31(33)43-25)30(36)41-15-14-37-4/h8-13,16-17,28H,6-7,14-15,18H2,1-5H3.